The van der Waals surface area contributed by atoms with E-state index in [4.69, 9.17) is 11.6 Å². The van der Waals surface area contributed by atoms with Crippen molar-refractivity contribution >= 4 is 28.3 Å². The lowest BCUT2D eigenvalue weighted by Crippen LogP contribution is -2.32. The molecule has 1 atom stereocenters. The van der Waals surface area contributed by atoms with E-state index in [2.05, 4.69) is 10.4 Å². The van der Waals surface area contributed by atoms with Crippen LogP contribution in [-0.2, 0) is 6.54 Å². The lowest BCUT2D eigenvalue weighted by molar-refractivity contribution is 0.0934. The van der Waals surface area contributed by atoms with E-state index in [1.54, 1.807) is 37.3 Å². The van der Waals surface area contributed by atoms with Crippen LogP contribution in [0.15, 0.2) is 47.3 Å². The summed E-state index contributed by atoms with van der Waals surface area (Å²) in [6.07, 6.45) is 0. The van der Waals surface area contributed by atoms with E-state index in [9.17, 15) is 14.0 Å². The first-order valence-corrected chi connectivity index (χ1v) is 9.41. The number of carbonyl (C=O) groups is 1. The van der Waals surface area contributed by atoms with Gasteiger partial charge in [-0.1, -0.05) is 49.7 Å². The summed E-state index contributed by atoms with van der Waals surface area (Å²) in [6.45, 7) is 6.13. The minimum atomic E-state index is -0.516. The number of benzene rings is 2. The van der Waals surface area contributed by atoms with Crippen LogP contribution in [0.25, 0.3) is 10.8 Å². The second-order valence-electron chi connectivity index (χ2n) is 7.14. The van der Waals surface area contributed by atoms with Gasteiger partial charge in [-0.15, -0.1) is 0 Å². The third-order valence-electron chi connectivity index (χ3n) is 4.41. The fraction of sp³-hybridized carbons (Fsp3) is 0.286. The molecule has 1 heterocycles. The predicted octanol–water partition coefficient (Wildman–Crippen LogP) is 4.34. The van der Waals surface area contributed by atoms with Gasteiger partial charge in [0.25, 0.3) is 11.5 Å². The van der Waals surface area contributed by atoms with Crippen LogP contribution >= 0.6 is 11.6 Å². The van der Waals surface area contributed by atoms with Crippen molar-refractivity contribution in [3.05, 3.63) is 74.9 Å². The van der Waals surface area contributed by atoms with E-state index in [1.807, 2.05) is 13.8 Å². The summed E-state index contributed by atoms with van der Waals surface area (Å²) in [4.78, 5) is 25.6. The number of halogens is 2. The van der Waals surface area contributed by atoms with Crippen molar-refractivity contribution in [2.45, 2.75) is 33.4 Å². The Labute approximate surface area is 167 Å². The number of amides is 1. The van der Waals surface area contributed by atoms with Gasteiger partial charge in [-0.25, -0.2) is 9.07 Å². The maximum absolute atomic E-state index is 13.4. The van der Waals surface area contributed by atoms with Crippen LogP contribution in [0.5, 0.6) is 0 Å². The fourth-order valence-corrected chi connectivity index (χ4v) is 3.19. The summed E-state index contributed by atoms with van der Waals surface area (Å²) < 4.78 is 14.7. The fourth-order valence-electron chi connectivity index (χ4n) is 3.00. The highest BCUT2D eigenvalue weighted by molar-refractivity contribution is 6.30. The second-order valence-corrected chi connectivity index (χ2v) is 7.55. The van der Waals surface area contributed by atoms with Gasteiger partial charge in [-0.05, 0) is 36.6 Å². The summed E-state index contributed by atoms with van der Waals surface area (Å²) in [6, 6.07) is 10.8. The molecule has 1 N–H and O–H groups in total. The number of hydrogen-bond donors (Lipinski definition) is 1. The van der Waals surface area contributed by atoms with Crippen molar-refractivity contribution in [3.8, 4) is 0 Å². The zero-order valence-electron chi connectivity index (χ0n) is 15.9. The van der Waals surface area contributed by atoms with Gasteiger partial charge < -0.3 is 5.32 Å². The van der Waals surface area contributed by atoms with Gasteiger partial charge in [0.15, 0.2) is 5.69 Å². The first-order valence-electron chi connectivity index (χ1n) is 9.03. The number of nitrogens with one attached hydrogen (secondary N) is 1. The molecule has 3 aromatic rings. The Morgan fingerprint density at radius 1 is 1.18 bits per heavy atom. The molecule has 0 saturated heterocycles. The van der Waals surface area contributed by atoms with Gasteiger partial charge in [-0.2, -0.15) is 5.10 Å². The van der Waals surface area contributed by atoms with Crippen molar-refractivity contribution < 1.29 is 9.18 Å². The summed E-state index contributed by atoms with van der Waals surface area (Å²) in [5.74, 6) is -0.735. The van der Waals surface area contributed by atoms with Crippen LogP contribution in [0.4, 0.5) is 4.39 Å². The number of hydrogen-bond acceptors (Lipinski definition) is 3. The van der Waals surface area contributed by atoms with E-state index in [0.717, 1.165) is 0 Å². The van der Waals surface area contributed by atoms with Crippen LogP contribution in [0.3, 0.4) is 0 Å². The second kappa shape index (κ2) is 8.10. The smallest absolute Gasteiger partial charge is 0.274 e. The zero-order valence-corrected chi connectivity index (χ0v) is 16.6. The van der Waals surface area contributed by atoms with Gasteiger partial charge in [0, 0.05) is 11.9 Å². The molecule has 0 aliphatic rings. The number of aromatic nitrogens is 2. The number of carbonyl (C=O) groups excluding carboxylic acids is 1. The van der Waals surface area contributed by atoms with Gasteiger partial charge in [-0.3, -0.25) is 9.59 Å². The molecule has 7 heteroatoms. The van der Waals surface area contributed by atoms with Gasteiger partial charge >= 0.3 is 0 Å². The largest absolute Gasteiger partial charge is 0.344 e. The predicted molar refractivity (Wildman–Crippen MR) is 108 cm³/mol. The third-order valence-corrected chi connectivity index (χ3v) is 4.70. The molecule has 0 aliphatic heterocycles. The Kier molecular flexibility index (Phi) is 5.79. The molecule has 146 valence electrons. The maximum atomic E-state index is 13.4. The summed E-state index contributed by atoms with van der Waals surface area (Å²) >= 11 is 5.84. The van der Waals surface area contributed by atoms with E-state index in [1.165, 1.54) is 16.8 Å². The Morgan fingerprint density at radius 2 is 1.86 bits per heavy atom. The molecular formula is C21H21ClFN3O2. The summed E-state index contributed by atoms with van der Waals surface area (Å²) in [5.41, 5.74) is 0.620. The van der Waals surface area contributed by atoms with Crippen LogP contribution in [0.2, 0.25) is 5.02 Å². The van der Waals surface area contributed by atoms with Crippen molar-refractivity contribution in [2.24, 2.45) is 5.92 Å². The lowest BCUT2D eigenvalue weighted by Gasteiger charge is -2.16. The number of rotatable bonds is 5. The molecule has 28 heavy (non-hydrogen) atoms. The molecule has 5 nitrogen and oxygen atoms in total. The van der Waals surface area contributed by atoms with Crippen LogP contribution in [0, 0.1) is 11.7 Å². The Balaban J connectivity index is 1.99. The van der Waals surface area contributed by atoms with Crippen LogP contribution in [0.1, 0.15) is 42.9 Å². The molecule has 0 fully saturated rings. The molecular weight excluding hydrogens is 381 g/mol. The van der Waals surface area contributed by atoms with E-state index in [0.29, 0.717) is 22.9 Å². The third kappa shape index (κ3) is 4.07. The molecule has 2 aromatic carbocycles. The standard InChI is InChI=1S/C21H21ClFN3O2/c1-12(2)11-26-21(28)16-7-5-4-6-15(16)19(25-26)20(27)24-13(3)14-8-9-18(23)17(22)10-14/h4-10,12-13H,11H2,1-3H3,(H,24,27). The quantitative estimate of drug-likeness (QED) is 0.691. The molecule has 0 saturated carbocycles. The average Bonchev–Trinajstić information content (AvgIpc) is 2.65. The Hall–Kier alpha value is -2.73. The topological polar surface area (TPSA) is 64.0 Å². The molecule has 0 radical (unpaired) electrons. The van der Waals surface area contributed by atoms with Crippen molar-refractivity contribution in [2.75, 3.05) is 0 Å². The number of nitrogens with zero attached hydrogens (tertiary/aromatic N) is 2. The van der Waals surface area contributed by atoms with Crippen molar-refractivity contribution in [1.82, 2.24) is 15.1 Å². The minimum Gasteiger partial charge on any atom is -0.344 e. The molecule has 0 aliphatic carbocycles. The highest BCUT2D eigenvalue weighted by Gasteiger charge is 2.19. The van der Waals surface area contributed by atoms with Crippen molar-refractivity contribution in [3.63, 3.8) is 0 Å². The highest BCUT2D eigenvalue weighted by atomic mass is 35.5. The highest BCUT2D eigenvalue weighted by Crippen LogP contribution is 2.21. The SMILES string of the molecule is CC(C)Cn1nc(C(=O)NC(C)c2ccc(F)c(Cl)c2)c2ccccc2c1=O. The van der Waals surface area contributed by atoms with E-state index < -0.39 is 17.8 Å². The molecule has 0 bridgehead atoms. The molecule has 1 unspecified atom stereocenters. The molecule has 1 aromatic heterocycles. The summed E-state index contributed by atoms with van der Waals surface area (Å²) in [7, 11) is 0. The van der Waals surface area contributed by atoms with Gasteiger partial charge in [0.05, 0.1) is 16.5 Å². The first kappa shape index (κ1) is 20.0. The minimum absolute atomic E-state index is 0.00680. The summed E-state index contributed by atoms with van der Waals surface area (Å²) in [5, 5.41) is 8.11. The van der Waals surface area contributed by atoms with Crippen LogP contribution < -0.4 is 10.9 Å². The Morgan fingerprint density at radius 3 is 2.50 bits per heavy atom. The lowest BCUT2D eigenvalue weighted by atomic mass is 10.1. The monoisotopic (exact) mass is 401 g/mol. The molecule has 0 spiro atoms. The number of fused-ring (bicyclic) bond motifs is 1. The van der Waals surface area contributed by atoms with E-state index >= 15 is 0 Å². The first-order chi connectivity index (χ1) is 13.3. The van der Waals surface area contributed by atoms with Gasteiger partial charge in [0.2, 0.25) is 0 Å². The Bertz CT molecular complexity index is 1090. The van der Waals surface area contributed by atoms with E-state index in [-0.39, 0.29) is 22.2 Å². The van der Waals surface area contributed by atoms with Crippen molar-refractivity contribution in [1.29, 1.82) is 0 Å². The molecule has 3 rings (SSSR count). The molecule has 1 amide bonds. The van der Waals surface area contributed by atoms with Crippen LogP contribution in [-0.4, -0.2) is 15.7 Å². The average molecular weight is 402 g/mol. The zero-order chi connectivity index (χ0) is 20.4. The normalized spacial score (nSPS) is 12.4. The maximum Gasteiger partial charge on any atom is 0.274 e. The van der Waals surface area contributed by atoms with Gasteiger partial charge in [0.1, 0.15) is 5.82 Å².